The molecule has 0 saturated heterocycles. The van der Waals surface area contributed by atoms with Crippen LogP contribution in [-0.2, 0) is 0 Å². The Balaban J connectivity index is 1.59. The molecule has 1 aliphatic carbocycles. The maximum Gasteiger partial charge on any atom is 0.260 e. The fraction of sp³-hybridized carbons (Fsp3) is 0.0667. The minimum Gasteiger partial charge on any atom is -0.282 e. The van der Waals surface area contributed by atoms with Gasteiger partial charge in [-0.15, -0.1) is 0 Å². The first kappa shape index (κ1) is 18.3. The summed E-state index contributed by atoms with van der Waals surface area (Å²) < 4.78 is 1.94. The number of fused-ring (bicyclic) bond motifs is 4. The average molecular weight is 425 g/mol. The van der Waals surface area contributed by atoms with Crippen molar-refractivity contribution in [2.45, 2.75) is 12.1 Å². The predicted molar refractivity (Wildman–Crippen MR) is 134 cm³/mol. The van der Waals surface area contributed by atoms with E-state index in [1.165, 1.54) is 0 Å². The molecular weight excluding hydrogens is 404 g/mol. The molecule has 5 aromatic rings. The summed E-state index contributed by atoms with van der Waals surface area (Å²) >= 11 is 0. The lowest BCUT2D eigenvalue weighted by atomic mass is 9.82. The fourth-order valence-corrected chi connectivity index (χ4v) is 5.52. The van der Waals surface area contributed by atoms with Crippen molar-refractivity contribution in [1.82, 2.24) is 4.57 Å². The molecule has 33 heavy (non-hydrogen) atoms. The highest BCUT2D eigenvalue weighted by Gasteiger charge is 2.38. The van der Waals surface area contributed by atoms with Crippen molar-refractivity contribution in [2.75, 3.05) is 0 Å². The number of hydrogen-bond acceptors (Lipinski definition) is 2. The Bertz CT molecular complexity index is 1720. The van der Waals surface area contributed by atoms with Crippen LogP contribution >= 0.6 is 0 Å². The number of rotatable bonds is 2. The average Bonchev–Trinajstić information content (AvgIpc) is 3.29. The molecule has 2 aliphatic rings. The zero-order valence-electron chi connectivity index (χ0n) is 17.8. The van der Waals surface area contributed by atoms with E-state index in [-0.39, 0.29) is 17.6 Å². The zero-order chi connectivity index (χ0) is 21.9. The maximum atomic E-state index is 14.0. The Morgan fingerprint density at radius 1 is 0.636 bits per heavy atom. The minimum absolute atomic E-state index is 0.0293. The van der Waals surface area contributed by atoms with Crippen molar-refractivity contribution < 1.29 is 0 Å². The van der Waals surface area contributed by atoms with Crippen LogP contribution in [0.1, 0.15) is 17.2 Å². The van der Waals surface area contributed by atoms with Gasteiger partial charge < -0.3 is 0 Å². The fourth-order valence-electron chi connectivity index (χ4n) is 5.52. The van der Waals surface area contributed by atoms with Gasteiger partial charge in [-0.05, 0) is 33.7 Å². The first-order valence-corrected chi connectivity index (χ1v) is 11.3. The first-order chi connectivity index (χ1) is 16.3. The van der Waals surface area contributed by atoms with E-state index in [4.69, 9.17) is 4.99 Å². The lowest BCUT2D eigenvalue weighted by Gasteiger charge is -2.29. The van der Waals surface area contributed by atoms with Gasteiger partial charge in [0.15, 0.2) is 0 Å². The number of allylic oxidation sites excluding steroid dienone is 2. The van der Waals surface area contributed by atoms with Crippen molar-refractivity contribution in [3.8, 4) is 0 Å². The standard InChI is InChI=1S/C30H20N2O/c33-30-25-16-8-14-21-13-7-15-24(26(21)25)29-31-27-22(19-9-3-1-4-10-19)17-18-23(28(27)32(29)30)20-11-5-2-6-12-20/h1-18,27-28H. The van der Waals surface area contributed by atoms with Crippen LogP contribution in [-0.4, -0.2) is 10.6 Å². The topological polar surface area (TPSA) is 34.4 Å². The van der Waals surface area contributed by atoms with Gasteiger partial charge in [0.05, 0.1) is 6.04 Å². The van der Waals surface area contributed by atoms with Crippen molar-refractivity contribution in [2.24, 2.45) is 4.99 Å². The maximum absolute atomic E-state index is 14.0. The number of hydrogen-bond donors (Lipinski definition) is 0. The van der Waals surface area contributed by atoms with Crippen LogP contribution in [0.5, 0.6) is 0 Å². The van der Waals surface area contributed by atoms with Gasteiger partial charge in [0, 0.05) is 16.2 Å². The van der Waals surface area contributed by atoms with Gasteiger partial charge in [0.1, 0.15) is 11.5 Å². The summed E-state index contributed by atoms with van der Waals surface area (Å²) in [6.07, 6.45) is 4.35. The summed E-state index contributed by atoms with van der Waals surface area (Å²) in [6, 6.07) is 32.6. The predicted octanol–water partition coefficient (Wildman–Crippen LogP) is 5.60. The minimum atomic E-state index is -0.182. The largest absolute Gasteiger partial charge is 0.282 e. The second-order valence-corrected chi connectivity index (χ2v) is 8.70. The van der Waals surface area contributed by atoms with E-state index in [0.29, 0.717) is 0 Å². The van der Waals surface area contributed by atoms with E-state index in [9.17, 15) is 4.79 Å². The zero-order valence-corrected chi connectivity index (χ0v) is 17.8. The highest BCUT2D eigenvalue weighted by Crippen LogP contribution is 2.43. The second kappa shape index (κ2) is 6.88. The van der Waals surface area contributed by atoms with E-state index in [2.05, 4.69) is 72.8 Å². The van der Waals surface area contributed by atoms with E-state index < -0.39 is 0 Å². The first-order valence-electron chi connectivity index (χ1n) is 11.3. The van der Waals surface area contributed by atoms with Gasteiger partial charge in [0.2, 0.25) is 0 Å². The molecule has 0 fully saturated rings. The molecule has 0 radical (unpaired) electrons. The molecule has 7 rings (SSSR count). The van der Waals surface area contributed by atoms with Crippen LogP contribution in [0.15, 0.2) is 119 Å². The quantitative estimate of drug-likeness (QED) is 0.363. The van der Waals surface area contributed by atoms with Crippen LogP contribution in [0.2, 0.25) is 0 Å². The van der Waals surface area contributed by atoms with Crippen molar-refractivity contribution in [3.05, 3.63) is 136 Å². The van der Waals surface area contributed by atoms with Crippen molar-refractivity contribution in [3.63, 3.8) is 0 Å². The van der Waals surface area contributed by atoms with Gasteiger partial charge in [-0.3, -0.25) is 14.4 Å². The molecule has 4 aromatic carbocycles. The molecule has 0 bridgehead atoms. The molecule has 156 valence electrons. The molecular formula is C30H20N2O. The third-order valence-electron chi connectivity index (χ3n) is 6.96. The van der Waals surface area contributed by atoms with Gasteiger partial charge in [-0.1, -0.05) is 103 Å². The molecule has 0 saturated carbocycles. The van der Waals surface area contributed by atoms with E-state index >= 15 is 0 Å². The lowest BCUT2D eigenvalue weighted by Crippen LogP contribution is -2.36. The Kier molecular flexibility index (Phi) is 3.82. The Hall–Kier alpha value is -4.24. The van der Waals surface area contributed by atoms with E-state index in [1.807, 2.05) is 41.0 Å². The van der Waals surface area contributed by atoms with Crippen LogP contribution in [0.4, 0.5) is 0 Å². The Labute approximate surface area is 190 Å². The Morgan fingerprint density at radius 3 is 1.94 bits per heavy atom. The van der Waals surface area contributed by atoms with Gasteiger partial charge >= 0.3 is 0 Å². The van der Waals surface area contributed by atoms with Crippen LogP contribution in [0, 0.1) is 0 Å². The normalized spacial score (nSPS) is 19.0. The number of aromatic nitrogens is 1. The molecule has 3 heteroatoms. The van der Waals surface area contributed by atoms with Gasteiger partial charge in [-0.25, -0.2) is 0 Å². The van der Waals surface area contributed by atoms with E-state index in [0.717, 1.165) is 49.3 Å². The van der Waals surface area contributed by atoms with Crippen molar-refractivity contribution in [1.29, 1.82) is 0 Å². The van der Waals surface area contributed by atoms with Crippen LogP contribution < -0.4 is 11.0 Å². The third-order valence-corrected chi connectivity index (χ3v) is 6.96. The number of benzene rings is 4. The summed E-state index contributed by atoms with van der Waals surface area (Å²) in [5, 5.41) is 3.88. The molecule has 2 heterocycles. The summed E-state index contributed by atoms with van der Waals surface area (Å²) in [6.45, 7) is 0. The summed E-state index contributed by atoms with van der Waals surface area (Å²) in [5.74, 6) is 0. The van der Waals surface area contributed by atoms with Crippen LogP contribution in [0.3, 0.4) is 0 Å². The lowest BCUT2D eigenvalue weighted by molar-refractivity contribution is 0.602. The van der Waals surface area contributed by atoms with Crippen LogP contribution in [0.25, 0.3) is 32.7 Å². The molecule has 0 N–H and O–H groups in total. The molecule has 1 aromatic heterocycles. The third kappa shape index (κ3) is 2.56. The Morgan fingerprint density at radius 2 is 1.24 bits per heavy atom. The van der Waals surface area contributed by atoms with E-state index in [1.54, 1.807) is 0 Å². The molecule has 2 unspecified atom stereocenters. The SMILES string of the molecule is O=c1c2cccc3cccc(c4n1C1C(c5ccccc5)=CC=C(c5ccccc5)C1N=4)c32. The number of pyridine rings is 1. The summed E-state index contributed by atoms with van der Waals surface area (Å²) in [7, 11) is 0. The van der Waals surface area contributed by atoms with Gasteiger partial charge in [-0.2, -0.15) is 0 Å². The molecule has 3 nitrogen and oxygen atoms in total. The molecule has 1 aliphatic heterocycles. The molecule has 2 atom stereocenters. The van der Waals surface area contributed by atoms with Crippen molar-refractivity contribution >= 4 is 32.7 Å². The monoisotopic (exact) mass is 424 g/mol. The molecule has 0 amide bonds. The summed E-state index contributed by atoms with van der Waals surface area (Å²) in [4.78, 5) is 19.2. The summed E-state index contributed by atoms with van der Waals surface area (Å²) in [5.41, 5.74) is 5.34. The molecule has 0 spiro atoms. The smallest absolute Gasteiger partial charge is 0.260 e. The highest BCUT2D eigenvalue weighted by molar-refractivity contribution is 6.09. The second-order valence-electron chi connectivity index (χ2n) is 8.70. The van der Waals surface area contributed by atoms with Gasteiger partial charge in [0.25, 0.3) is 5.56 Å². The highest BCUT2D eigenvalue weighted by atomic mass is 16.1. The number of nitrogens with zero attached hydrogens (tertiary/aromatic N) is 2.